The Morgan fingerprint density at radius 3 is 2.31 bits per heavy atom. The fraction of sp³-hybridized carbons (Fsp3) is 0.111. The highest BCUT2D eigenvalue weighted by atomic mass is 35.5. The van der Waals surface area contributed by atoms with Crippen molar-refractivity contribution in [3.8, 4) is 11.3 Å². The Hall–Kier alpha value is -4.23. The lowest BCUT2D eigenvalue weighted by Gasteiger charge is -2.11. The smallest absolute Gasteiger partial charge is 0.339 e. The lowest BCUT2D eigenvalue weighted by Crippen LogP contribution is -2.21. The normalized spacial score (nSPS) is 10.6. The van der Waals surface area contributed by atoms with Crippen LogP contribution < -0.4 is 5.32 Å². The number of ether oxygens (including phenoxy) is 2. The van der Waals surface area contributed by atoms with Gasteiger partial charge in [0.15, 0.2) is 6.61 Å². The number of para-hydroxylation sites is 1. The fourth-order valence-corrected chi connectivity index (χ4v) is 3.55. The second-order valence-electron chi connectivity index (χ2n) is 7.50. The molecule has 4 rings (SSSR count). The molecular weight excluding hydrogens is 468 g/mol. The van der Waals surface area contributed by atoms with Crippen molar-refractivity contribution in [3.63, 3.8) is 0 Å². The van der Waals surface area contributed by atoms with Crippen LogP contribution in [0.5, 0.6) is 0 Å². The summed E-state index contributed by atoms with van der Waals surface area (Å²) in [4.78, 5) is 41.7. The molecule has 0 aliphatic carbocycles. The lowest BCUT2D eigenvalue weighted by molar-refractivity contribution is -0.119. The highest BCUT2D eigenvalue weighted by Gasteiger charge is 2.17. The standard InChI is InChI=1S/C27H21ClN2O5/c1-2-34-26(32)18-9-13-20(14-10-18)29-25(31)16-35-27(33)22-15-24(17-7-11-19(28)12-8-17)30-23-6-4-3-5-21(22)23/h3-15H,2,16H2,1H3,(H,29,31). The van der Waals surface area contributed by atoms with E-state index < -0.39 is 24.5 Å². The maximum atomic E-state index is 12.9. The Balaban J connectivity index is 1.47. The number of fused-ring (bicyclic) bond motifs is 1. The zero-order valence-electron chi connectivity index (χ0n) is 18.8. The molecule has 0 radical (unpaired) electrons. The summed E-state index contributed by atoms with van der Waals surface area (Å²) in [5, 5.41) is 3.84. The molecule has 1 heterocycles. The van der Waals surface area contributed by atoms with Gasteiger partial charge in [0.2, 0.25) is 0 Å². The summed E-state index contributed by atoms with van der Waals surface area (Å²) in [6, 6.07) is 22.2. The Morgan fingerprint density at radius 1 is 0.886 bits per heavy atom. The summed E-state index contributed by atoms with van der Waals surface area (Å²) >= 11 is 5.99. The largest absolute Gasteiger partial charge is 0.462 e. The molecule has 8 heteroatoms. The summed E-state index contributed by atoms with van der Waals surface area (Å²) in [5.41, 5.74) is 3.12. The molecule has 0 aliphatic rings. The Kier molecular flexibility index (Phi) is 7.38. The Bertz CT molecular complexity index is 1390. The molecule has 0 fully saturated rings. The van der Waals surface area contributed by atoms with Crippen LogP contribution >= 0.6 is 11.6 Å². The van der Waals surface area contributed by atoms with Gasteiger partial charge in [0.05, 0.1) is 28.9 Å². The van der Waals surface area contributed by atoms with Crippen LogP contribution in [0.15, 0.2) is 78.9 Å². The van der Waals surface area contributed by atoms with E-state index in [-0.39, 0.29) is 6.61 Å². The van der Waals surface area contributed by atoms with Gasteiger partial charge >= 0.3 is 11.9 Å². The summed E-state index contributed by atoms with van der Waals surface area (Å²) in [6.07, 6.45) is 0. The molecule has 1 N–H and O–H groups in total. The van der Waals surface area contributed by atoms with E-state index in [1.807, 2.05) is 18.2 Å². The molecule has 1 amide bonds. The third-order valence-electron chi connectivity index (χ3n) is 5.09. The highest BCUT2D eigenvalue weighted by molar-refractivity contribution is 6.30. The van der Waals surface area contributed by atoms with Crippen LogP contribution in [0.25, 0.3) is 22.2 Å². The zero-order valence-corrected chi connectivity index (χ0v) is 19.5. The van der Waals surface area contributed by atoms with Crippen molar-refractivity contribution in [1.29, 1.82) is 0 Å². The number of rotatable bonds is 7. The van der Waals surface area contributed by atoms with Crippen molar-refractivity contribution in [1.82, 2.24) is 4.98 Å². The molecule has 0 unspecified atom stereocenters. The number of anilines is 1. The first-order valence-electron chi connectivity index (χ1n) is 10.8. The van der Waals surface area contributed by atoms with E-state index in [0.29, 0.717) is 38.4 Å². The molecule has 0 atom stereocenters. The van der Waals surface area contributed by atoms with E-state index in [2.05, 4.69) is 10.3 Å². The van der Waals surface area contributed by atoms with Crippen LogP contribution in [-0.4, -0.2) is 36.0 Å². The Labute approximate surface area is 206 Å². The van der Waals surface area contributed by atoms with Gasteiger partial charge in [-0.05, 0) is 55.5 Å². The topological polar surface area (TPSA) is 94.6 Å². The summed E-state index contributed by atoms with van der Waals surface area (Å²) in [6.45, 7) is 1.52. The van der Waals surface area contributed by atoms with E-state index >= 15 is 0 Å². The first-order valence-corrected chi connectivity index (χ1v) is 11.2. The van der Waals surface area contributed by atoms with E-state index in [1.54, 1.807) is 67.6 Å². The fourth-order valence-electron chi connectivity index (χ4n) is 3.42. The number of aromatic nitrogens is 1. The molecule has 0 bridgehead atoms. The molecule has 1 aromatic heterocycles. The van der Waals surface area contributed by atoms with Crippen LogP contribution in [0.4, 0.5) is 5.69 Å². The highest BCUT2D eigenvalue weighted by Crippen LogP contribution is 2.26. The molecule has 0 aliphatic heterocycles. The predicted octanol–water partition coefficient (Wildman–Crippen LogP) is 5.53. The first-order chi connectivity index (χ1) is 16.9. The molecule has 0 spiro atoms. The molecule has 0 saturated heterocycles. The van der Waals surface area contributed by atoms with Gasteiger partial charge in [-0.25, -0.2) is 14.6 Å². The van der Waals surface area contributed by atoms with Crippen molar-refractivity contribution in [2.45, 2.75) is 6.92 Å². The summed E-state index contributed by atoms with van der Waals surface area (Å²) in [7, 11) is 0. The first kappa shape index (κ1) is 23.9. The van der Waals surface area contributed by atoms with Crippen molar-refractivity contribution < 1.29 is 23.9 Å². The number of halogens is 1. The number of hydrogen-bond donors (Lipinski definition) is 1. The minimum absolute atomic E-state index is 0.274. The van der Waals surface area contributed by atoms with E-state index in [0.717, 1.165) is 5.56 Å². The minimum Gasteiger partial charge on any atom is -0.462 e. The van der Waals surface area contributed by atoms with Crippen LogP contribution in [0.1, 0.15) is 27.6 Å². The van der Waals surface area contributed by atoms with Crippen molar-refractivity contribution in [2.75, 3.05) is 18.5 Å². The number of carbonyl (C=O) groups excluding carboxylic acids is 3. The number of nitrogens with zero attached hydrogens (tertiary/aromatic N) is 1. The van der Waals surface area contributed by atoms with E-state index in [9.17, 15) is 14.4 Å². The van der Waals surface area contributed by atoms with Gasteiger partial charge < -0.3 is 14.8 Å². The second-order valence-corrected chi connectivity index (χ2v) is 7.94. The summed E-state index contributed by atoms with van der Waals surface area (Å²) < 4.78 is 10.2. The Morgan fingerprint density at radius 2 is 1.60 bits per heavy atom. The van der Waals surface area contributed by atoms with Gasteiger partial charge in [-0.15, -0.1) is 0 Å². The van der Waals surface area contributed by atoms with Gasteiger partial charge in [-0.1, -0.05) is 41.9 Å². The molecular formula is C27H21ClN2O5. The van der Waals surface area contributed by atoms with Crippen LogP contribution in [0.2, 0.25) is 5.02 Å². The number of esters is 2. The van der Waals surface area contributed by atoms with Gasteiger partial charge in [-0.3, -0.25) is 4.79 Å². The number of hydrogen-bond acceptors (Lipinski definition) is 6. The average Bonchev–Trinajstić information content (AvgIpc) is 2.87. The van der Waals surface area contributed by atoms with Gasteiger partial charge in [-0.2, -0.15) is 0 Å². The van der Waals surface area contributed by atoms with E-state index in [1.165, 1.54) is 0 Å². The van der Waals surface area contributed by atoms with Crippen molar-refractivity contribution in [2.24, 2.45) is 0 Å². The molecule has 0 saturated carbocycles. The van der Waals surface area contributed by atoms with Gasteiger partial charge in [0.25, 0.3) is 5.91 Å². The third kappa shape index (κ3) is 5.83. The molecule has 176 valence electrons. The maximum Gasteiger partial charge on any atom is 0.339 e. The predicted molar refractivity (Wildman–Crippen MR) is 133 cm³/mol. The monoisotopic (exact) mass is 488 g/mol. The van der Waals surface area contributed by atoms with E-state index in [4.69, 9.17) is 21.1 Å². The average molecular weight is 489 g/mol. The zero-order chi connectivity index (χ0) is 24.8. The molecule has 3 aromatic carbocycles. The summed E-state index contributed by atoms with van der Waals surface area (Å²) in [5.74, 6) is -1.60. The van der Waals surface area contributed by atoms with Crippen molar-refractivity contribution >= 4 is 46.0 Å². The molecule has 35 heavy (non-hydrogen) atoms. The van der Waals surface area contributed by atoms with Crippen LogP contribution in [0, 0.1) is 0 Å². The maximum absolute atomic E-state index is 12.9. The quantitative estimate of drug-likeness (QED) is 0.344. The molecule has 7 nitrogen and oxygen atoms in total. The van der Waals surface area contributed by atoms with Crippen molar-refractivity contribution in [3.05, 3.63) is 95.0 Å². The molecule has 4 aromatic rings. The van der Waals surface area contributed by atoms with Gasteiger partial charge in [0.1, 0.15) is 0 Å². The SMILES string of the molecule is CCOC(=O)c1ccc(NC(=O)COC(=O)c2cc(-c3ccc(Cl)cc3)nc3ccccc23)cc1. The number of nitrogens with one attached hydrogen (secondary N) is 1. The van der Waals surface area contributed by atoms with Gasteiger partial charge in [0, 0.05) is 21.7 Å². The number of pyridine rings is 1. The lowest BCUT2D eigenvalue weighted by atomic mass is 10.0. The van der Waals surface area contributed by atoms with Crippen LogP contribution in [0.3, 0.4) is 0 Å². The number of amides is 1. The third-order valence-corrected chi connectivity index (χ3v) is 5.34. The number of benzene rings is 3. The second kappa shape index (κ2) is 10.8. The van der Waals surface area contributed by atoms with Crippen LogP contribution in [-0.2, 0) is 14.3 Å². The minimum atomic E-state index is -0.647. The number of carbonyl (C=O) groups is 3.